The summed E-state index contributed by atoms with van der Waals surface area (Å²) in [7, 11) is 6.19. The minimum absolute atomic E-state index is 0.184. The summed E-state index contributed by atoms with van der Waals surface area (Å²) in [6.07, 6.45) is 2.26. The first-order valence-corrected chi connectivity index (χ1v) is 11.7. The summed E-state index contributed by atoms with van der Waals surface area (Å²) in [4.78, 5) is 38.9. The van der Waals surface area contributed by atoms with Crippen LogP contribution in [0.1, 0.15) is 22.0 Å². The second kappa shape index (κ2) is 11.9. The number of anilines is 1. The van der Waals surface area contributed by atoms with Gasteiger partial charge >= 0.3 is 6.03 Å². The summed E-state index contributed by atoms with van der Waals surface area (Å²) < 4.78 is 25.6. The molecule has 0 bridgehead atoms. The molecule has 1 aliphatic rings. The molecule has 3 aromatic heterocycles. The van der Waals surface area contributed by atoms with Crippen LogP contribution < -0.4 is 20.7 Å². The minimum Gasteiger partial charge on any atom is -0.480 e. The van der Waals surface area contributed by atoms with Crippen molar-refractivity contribution in [3.8, 4) is 17.1 Å². The molecule has 2 atom stereocenters. The number of carbonyl (C=O) groups is 2. The smallest absolute Gasteiger partial charge is 0.320 e. The van der Waals surface area contributed by atoms with Gasteiger partial charge in [0.05, 0.1) is 25.5 Å². The Hall–Kier alpha value is -4.14. The maximum atomic E-state index is 13.8. The van der Waals surface area contributed by atoms with Gasteiger partial charge in [0, 0.05) is 58.3 Å². The zero-order valence-electron chi connectivity index (χ0n) is 21.4. The molecule has 0 radical (unpaired) electrons. The third kappa shape index (κ3) is 6.04. The van der Waals surface area contributed by atoms with Crippen LogP contribution in [0.5, 0.6) is 5.88 Å². The number of hydrogen-bond acceptors (Lipinski definition) is 9. The molecule has 202 valence electrons. The van der Waals surface area contributed by atoms with Crippen molar-refractivity contribution in [3.05, 3.63) is 53.7 Å². The molecule has 4 heterocycles. The van der Waals surface area contributed by atoms with Gasteiger partial charge in [-0.15, -0.1) is 0 Å². The fourth-order valence-corrected chi connectivity index (χ4v) is 4.04. The molecule has 3 aromatic rings. The van der Waals surface area contributed by atoms with Crippen molar-refractivity contribution in [2.75, 3.05) is 46.3 Å². The van der Waals surface area contributed by atoms with Crippen molar-refractivity contribution >= 4 is 17.8 Å². The molecule has 0 spiro atoms. The molecule has 38 heavy (non-hydrogen) atoms. The van der Waals surface area contributed by atoms with Gasteiger partial charge in [-0.2, -0.15) is 14.6 Å². The number of urea groups is 1. The van der Waals surface area contributed by atoms with Crippen LogP contribution in [0.4, 0.5) is 15.0 Å². The number of pyridine rings is 2. The van der Waals surface area contributed by atoms with Crippen LogP contribution in [-0.2, 0) is 16.6 Å². The van der Waals surface area contributed by atoms with E-state index in [0.717, 1.165) is 0 Å². The second-order valence-corrected chi connectivity index (χ2v) is 8.42. The van der Waals surface area contributed by atoms with E-state index in [1.807, 2.05) is 0 Å². The predicted octanol–water partition coefficient (Wildman–Crippen LogP) is 1.51. The van der Waals surface area contributed by atoms with Gasteiger partial charge in [0.25, 0.3) is 5.91 Å². The lowest BCUT2D eigenvalue weighted by Gasteiger charge is -2.19. The van der Waals surface area contributed by atoms with Crippen molar-refractivity contribution in [2.45, 2.75) is 12.1 Å². The number of nitrogens with zero attached hydrogens (tertiary/aromatic N) is 5. The van der Waals surface area contributed by atoms with Crippen LogP contribution in [0.2, 0.25) is 0 Å². The van der Waals surface area contributed by atoms with Crippen LogP contribution >= 0.6 is 0 Å². The number of carbonyl (C=O) groups excluding carboxylic acids is 2. The lowest BCUT2D eigenvalue weighted by molar-refractivity contribution is -0.154. The first-order valence-electron chi connectivity index (χ1n) is 11.7. The topological polar surface area (TPSA) is 145 Å². The highest BCUT2D eigenvalue weighted by Crippen LogP contribution is 2.30. The van der Waals surface area contributed by atoms with Gasteiger partial charge in [-0.25, -0.2) is 14.8 Å². The Morgan fingerprint density at radius 1 is 1.24 bits per heavy atom. The summed E-state index contributed by atoms with van der Waals surface area (Å²) in [5.41, 5.74) is 1.85. The number of aryl methyl sites for hydroxylation is 1. The number of amides is 3. The maximum absolute atomic E-state index is 13.8. The highest BCUT2D eigenvalue weighted by atomic mass is 19.1. The number of methoxy groups -OCH3 is 2. The minimum atomic E-state index is -0.639. The third-order valence-corrected chi connectivity index (χ3v) is 5.90. The summed E-state index contributed by atoms with van der Waals surface area (Å²) in [6, 6.07) is 5.20. The van der Waals surface area contributed by atoms with Gasteiger partial charge in [0.1, 0.15) is 17.5 Å². The van der Waals surface area contributed by atoms with Crippen molar-refractivity contribution in [1.29, 1.82) is 0 Å². The van der Waals surface area contributed by atoms with E-state index in [1.165, 1.54) is 37.3 Å². The fraction of sp³-hybridized carbons (Fsp3) is 0.375. The quantitative estimate of drug-likeness (QED) is 0.352. The standard InChI is InChI=1S/C24H29FN8O5/c1-26-22(34)16-9-15(12-28-23(16)37-4)17-11-20(32(2)31-17)30-24(35)29-18-13-33(7-8-36-3)38-21(18)14-5-6-27-19(25)10-14/h5-6,9-12,18,21H,7-8,13H2,1-4H3,(H,26,34)(H2,29,30,35)/t18-,21+/m1/s1. The molecule has 14 heteroatoms. The summed E-state index contributed by atoms with van der Waals surface area (Å²) >= 11 is 0. The van der Waals surface area contributed by atoms with Crippen LogP contribution in [-0.4, -0.2) is 83.8 Å². The van der Waals surface area contributed by atoms with E-state index in [9.17, 15) is 14.0 Å². The van der Waals surface area contributed by atoms with Gasteiger partial charge < -0.3 is 20.1 Å². The van der Waals surface area contributed by atoms with E-state index in [-0.39, 0.29) is 17.4 Å². The number of halogens is 1. The Bertz CT molecular complexity index is 1300. The molecular formula is C24H29FN8O5. The molecule has 0 unspecified atom stereocenters. The largest absolute Gasteiger partial charge is 0.480 e. The van der Waals surface area contributed by atoms with Crippen LogP contribution in [0.3, 0.4) is 0 Å². The van der Waals surface area contributed by atoms with Gasteiger partial charge in [-0.1, -0.05) is 0 Å². The van der Waals surface area contributed by atoms with E-state index in [2.05, 4.69) is 31.0 Å². The van der Waals surface area contributed by atoms with E-state index >= 15 is 0 Å². The number of aromatic nitrogens is 4. The molecule has 0 aliphatic carbocycles. The van der Waals surface area contributed by atoms with Crippen LogP contribution in [0.25, 0.3) is 11.3 Å². The van der Waals surface area contributed by atoms with Crippen molar-refractivity contribution in [1.82, 2.24) is 35.4 Å². The molecule has 1 fully saturated rings. The van der Waals surface area contributed by atoms with E-state index in [1.54, 1.807) is 37.4 Å². The molecule has 13 nitrogen and oxygen atoms in total. The van der Waals surface area contributed by atoms with E-state index in [4.69, 9.17) is 14.3 Å². The normalized spacial score (nSPS) is 17.3. The fourth-order valence-electron chi connectivity index (χ4n) is 4.04. The summed E-state index contributed by atoms with van der Waals surface area (Å²) in [5.74, 6) is -0.411. The highest BCUT2D eigenvalue weighted by Gasteiger charge is 2.36. The molecule has 3 N–H and O–H groups in total. The van der Waals surface area contributed by atoms with E-state index < -0.39 is 24.1 Å². The number of hydroxylamine groups is 2. The van der Waals surface area contributed by atoms with Gasteiger partial charge in [0.15, 0.2) is 0 Å². The lowest BCUT2D eigenvalue weighted by Crippen LogP contribution is -2.42. The van der Waals surface area contributed by atoms with Crippen LogP contribution in [0, 0.1) is 5.95 Å². The van der Waals surface area contributed by atoms with Crippen LogP contribution in [0.15, 0.2) is 36.7 Å². The SMILES string of the molecule is CNC(=O)c1cc(-c2cc(NC(=O)N[C@@H]3CN(CCOC)O[C@H]3c3ccnc(F)c3)n(C)n2)cnc1OC. The lowest BCUT2D eigenvalue weighted by atomic mass is 10.0. The monoisotopic (exact) mass is 528 g/mol. The van der Waals surface area contributed by atoms with Gasteiger partial charge in [0.2, 0.25) is 11.8 Å². The first-order chi connectivity index (χ1) is 18.3. The Kier molecular flexibility index (Phi) is 8.45. The first kappa shape index (κ1) is 26.9. The zero-order chi connectivity index (χ0) is 27.2. The highest BCUT2D eigenvalue weighted by molar-refractivity contribution is 5.97. The Morgan fingerprint density at radius 3 is 2.76 bits per heavy atom. The Balaban J connectivity index is 1.49. The number of nitrogens with one attached hydrogen (secondary N) is 3. The van der Waals surface area contributed by atoms with Crippen molar-refractivity contribution < 1.29 is 28.3 Å². The molecular weight excluding hydrogens is 499 g/mol. The molecule has 1 saturated heterocycles. The third-order valence-electron chi connectivity index (χ3n) is 5.90. The summed E-state index contributed by atoms with van der Waals surface area (Å²) in [6.45, 7) is 1.26. The molecule has 1 aliphatic heterocycles. The maximum Gasteiger partial charge on any atom is 0.320 e. The van der Waals surface area contributed by atoms with Crippen molar-refractivity contribution in [3.63, 3.8) is 0 Å². The second-order valence-electron chi connectivity index (χ2n) is 8.42. The average molecular weight is 529 g/mol. The molecule has 0 aromatic carbocycles. The van der Waals surface area contributed by atoms with Gasteiger partial charge in [-0.3, -0.25) is 19.6 Å². The molecule has 3 amide bonds. The zero-order valence-corrected chi connectivity index (χ0v) is 21.4. The molecule has 4 rings (SSSR count). The molecule has 0 saturated carbocycles. The average Bonchev–Trinajstić information content (AvgIpc) is 3.49. The predicted molar refractivity (Wildman–Crippen MR) is 134 cm³/mol. The van der Waals surface area contributed by atoms with Crippen molar-refractivity contribution in [2.24, 2.45) is 7.05 Å². The Morgan fingerprint density at radius 2 is 2.05 bits per heavy atom. The summed E-state index contributed by atoms with van der Waals surface area (Å²) in [5, 5.41) is 14.3. The Labute approximate surface area is 218 Å². The number of rotatable bonds is 9. The number of hydrogen-bond donors (Lipinski definition) is 3. The number of ether oxygens (including phenoxy) is 2. The van der Waals surface area contributed by atoms with Gasteiger partial charge in [-0.05, 0) is 23.8 Å². The van der Waals surface area contributed by atoms with E-state index in [0.29, 0.717) is 42.3 Å².